The minimum atomic E-state index is -0.448. The number of aromatic nitrogens is 2. The number of hydrogen-bond donors (Lipinski definition) is 2. The van der Waals surface area contributed by atoms with Gasteiger partial charge in [-0.15, -0.1) is 0 Å². The number of ether oxygens (including phenoxy) is 1. The van der Waals surface area contributed by atoms with E-state index in [0.29, 0.717) is 22.2 Å². The summed E-state index contributed by atoms with van der Waals surface area (Å²) >= 11 is 5.19. The van der Waals surface area contributed by atoms with Crippen LogP contribution in [-0.4, -0.2) is 28.2 Å². The fourth-order valence-corrected chi connectivity index (χ4v) is 2.82. The molecule has 2 heterocycles. The van der Waals surface area contributed by atoms with E-state index in [1.165, 1.54) is 7.11 Å². The first-order valence-electron chi connectivity index (χ1n) is 7.34. The molecule has 0 unspecified atom stereocenters. The quantitative estimate of drug-likeness (QED) is 0.654. The maximum Gasteiger partial charge on any atom is 0.337 e. The summed E-state index contributed by atoms with van der Waals surface area (Å²) < 4.78 is 4.88. The van der Waals surface area contributed by atoms with Crippen LogP contribution in [-0.2, 0) is 9.53 Å². The van der Waals surface area contributed by atoms with Crippen LogP contribution in [0.15, 0.2) is 54.0 Å². The Morgan fingerprint density at radius 3 is 2.50 bits per heavy atom. The standard InChI is InChI=1S/C17H16N4O2S/c1-10-13(16(22)23-2)14(21-17(24)20-10)12-8-18-15(19-9-12)11-6-4-3-5-7-11/h3-9,14H,1-2H3,(H2,20,21,24)/t14-/m0/s1. The second-order valence-electron chi connectivity index (χ2n) is 5.27. The van der Waals surface area contributed by atoms with Gasteiger partial charge >= 0.3 is 5.97 Å². The molecule has 1 aromatic heterocycles. The topological polar surface area (TPSA) is 76.1 Å². The molecule has 1 aliphatic rings. The molecule has 2 N–H and O–H groups in total. The van der Waals surface area contributed by atoms with Gasteiger partial charge in [0.15, 0.2) is 10.9 Å². The first-order chi connectivity index (χ1) is 11.6. The van der Waals surface area contributed by atoms with E-state index in [1.54, 1.807) is 19.3 Å². The van der Waals surface area contributed by atoms with Crippen molar-refractivity contribution < 1.29 is 9.53 Å². The minimum Gasteiger partial charge on any atom is -0.466 e. The van der Waals surface area contributed by atoms with E-state index in [9.17, 15) is 4.79 Å². The molecule has 2 aromatic rings. The highest BCUT2D eigenvalue weighted by molar-refractivity contribution is 7.80. The van der Waals surface area contributed by atoms with Gasteiger partial charge < -0.3 is 15.4 Å². The van der Waals surface area contributed by atoms with Gasteiger partial charge in [-0.25, -0.2) is 14.8 Å². The van der Waals surface area contributed by atoms with Crippen LogP contribution >= 0.6 is 12.2 Å². The first-order valence-corrected chi connectivity index (χ1v) is 7.75. The van der Waals surface area contributed by atoms with E-state index >= 15 is 0 Å². The summed E-state index contributed by atoms with van der Waals surface area (Å²) in [6, 6.07) is 9.24. The Labute approximate surface area is 145 Å². The number of methoxy groups -OCH3 is 1. The van der Waals surface area contributed by atoms with Crippen LogP contribution in [0.25, 0.3) is 11.4 Å². The Morgan fingerprint density at radius 1 is 1.21 bits per heavy atom. The molecule has 0 saturated heterocycles. The molecule has 122 valence electrons. The lowest BCUT2D eigenvalue weighted by Crippen LogP contribution is -2.45. The van der Waals surface area contributed by atoms with Crippen molar-refractivity contribution in [1.29, 1.82) is 0 Å². The van der Waals surface area contributed by atoms with Crippen LogP contribution in [0.2, 0.25) is 0 Å². The Hall–Kier alpha value is -2.80. The van der Waals surface area contributed by atoms with E-state index in [4.69, 9.17) is 17.0 Å². The summed E-state index contributed by atoms with van der Waals surface area (Å²) in [4.78, 5) is 20.9. The van der Waals surface area contributed by atoms with Gasteiger partial charge in [0.2, 0.25) is 0 Å². The summed E-state index contributed by atoms with van der Waals surface area (Å²) in [5.74, 6) is 0.198. The molecule has 7 heteroatoms. The number of esters is 1. The second kappa shape index (κ2) is 6.76. The smallest absolute Gasteiger partial charge is 0.337 e. The predicted molar refractivity (Wildman–Crippen MR) is 93.8 cm³/mol. The number of nitrogens with zero attached hydrogens (tertiary/aromatic N) is 2. The fourth-order valence-electron chi connectivity index (χ4n) is 2.55. The summed E-state index contributed by atoms with van der Waals surface area (Å²) in [5.41, 5.74) is 2.78. The summed E-state index contributed by atoms with van der Waals surface area (Å²) in [5, 5.41) is 6.45. The van der Waals surface area contributed by atoms with Crippen LogP contribution in [0.3, 0.4) is 0 Å². The Bertz CT molecular complexity index is 803. The van der Waals surface area contributed by atoms with Gasteiger partial charge in [0, 0.05) is 29.2 Å². The number of thiocarbonyl (C=S) groups is 1. The number of rotatable bonds is 3. The van der Waals surface area contributed by atoms with E-state index < -0.39 is 12.0 Å². The van der Waals surface area contributed by atoms with Gasteiger partial charge in [-0.05, 0) is 19.1 Å². The molecule has 0 aliphatic carbocycles. The Balaban J connectivity index is 1.96. The van der Waals surface area contributed by atoms with Crippen LogP contribution in [0.4, 0.5) is 0 Å². The van der Waals surface area contributed by atoms with Gasteiger partial charge in [-0.2, -0.15) is 0 Å². The van der Waals surface area contributed by atoms with Crippen LogP contribution in [0.5, 0.6) is 0 Å². The minimum absolute atomic E-state index is 0.424. The zero-order valence-corrected chi connectivity index (χ0v) is 14.1. The average Bonchev–Trinajstić information content (AvgIpc) is 2.61. The van der Waals surface area contributed by atoms with Crippen molar-refractivity contribution in [1.82, 2.24) is 20.6 Å². The maximum absolute atomic E-state index is 12.1. The number of carbonyl (C=O) groups excluding carboxylic acids is 1. The molecule has 1 atom stereocenters. The molecule has 0 amide bonds. The molecule has 24 heavy (non-hydrogen) atoms. The number of hydrogen-bond acceptors (Lipinski definition) is 5. The van der Waals surface area contributed by atoms with Gasteiger partial charge in [0.1, 0.15) is 0 Å². The normalized spacial score (nSPS) is 17.1. The number of allylic oxidation sites excluding steroid dienone is 1. The van der Waals surface area contributed by atoms with Crippen molar-refractivity contribution in [3.8, 4) is 11.4 Å². The number of nitrogens with one attached hydrogen (secondary N) is 2. The fraction of sp³-hybridized carbons (Fsp3) is 0.176. The van der Waals surface area contributed by atoms with E-state index in [1.807, 2.05) is 30.3 Å². The highest BCUT2D eigenvalue weighted by atomic mass is 32.1. The molecule has 3 rings (SSSR count). The van der Waals surface area contributed by atoms with Crippen molar-refractivity contribution in [3.05, 3.63) is 59.6 Å². The molecule has 0 saturated carbocycles. The molecule has 0 fully saturated rings. The molecule has 6 nitrogen and oxygen atoms in total. The Kier molecular flexibility index (Phi) is 4.52. The predicted octanol–water partition coefficient (Wildman–Crippen LogP) is 2.11. The highest BCUT2D eigenvalue weighted by Gasteiger charge is 2.31. The van der Waals surface area contributed by atoms with Crippen LogP contribution in [0, 0.1) is 0 Å². The van der Waals surface area contributed by atoms with Gasteiger partial charge in [-0.1, -0.05) is 30.3 Å². The largest absolute Gasteiger partial charge is 0.466 e. The molecule has 0 bridgehead atoms. The molecule has 0 spiro atoms. The zero-order chi connectivity index (χ0) is 17.1. The maximum atomic E-state index is 12.1. The van der Waals surface area contributed by atoms with Gasteiger partial charge in [0.05, 0.1) is 18.7 Å². The van der Waals surface area contributed by atoms with E-state index in [-0.39, 0.29) is 0 Å². The monoisotopic (exact) mass is 340 g/mol. The lowest BCUT2D eigenvalue weighted by Gasteiger charge is -2.29. The SMILES string of the molecule is COC(=O)C1=C(C)NC(=S)N[C@H]1c1cnc(-c2ccccc2)nc1. The lowest BCUT2D eigenvalue weighted by molar-refractivity contribution is -0.136. The van der Waals surface area contributed by atoms with Crippen LogP contribution in [0.1, 0.15) is 18.5 Å². The Morgan fingerprint density at radius 2 is 1.88 bits per heavy atom. The van der Waals surface area contributed by atoms with Crippen molar-refractivity contribution in [2.45, 2.75) is 13.0 Å². The first kappa shape index (κ1) is 16.1. The number of carbonyl (C=O) groups is 1. The second-order valence-corrected chi connectivity index (χ2v) is 5.68. The summed E-state index contributed by atoms with van der Waals surface area (Å²) in [6.45, 7) is 1.78. The molecular formula is C17H16N4O2S. The van der Waals surface area contributed by atoms with Crippen molar-refractivity contribution in [2.75, 3.05) is 7.11 Å². The van der Waals surface area contributed by atoms with Gasteiger partial charge in [0.25, 0.3) is 0 Å². The average molecular weight is 340 g/mol. The lowest BCUT2D eigenvalue weighted by atomic mass is 9.98. The van der Waals surface area contributed by atoms with E-state index in [0.717, 1.165) is 11.1 Å². The van der Waals surface area contributed by atoms with Crippen molar-refractivity contribution in [3.63, 3.8) is 0 Å². The highest BCUT2D eigenvalue weighted by Crippen LogP contribution is 2.27. The summed E-state index contributed by atoms with van der Waals surface area (Å²) in [7, 11) is 1.35. The van der Waals surface area contributed by atoms with Crippen molar-refractivity contribution >= 4 is 23.3 Å². The number of benzene rings is 1. The molecule has 1 aliphatic heterocycles. The summed E-state index contributed by atoms with van der Waals surface area (Å²) in [6.07, 6.45) is 3.38. The van der Waals surface area contributed by atoms with Crippen LogP contribution < -0.4 is 10.6 Å². The third-order valence-corrected chi connectivity index (χ3v) is 3.93. The van der Waals surface area contributed by atoms with Crippen molar-refractivity contribution in [2.24, 2.45) is 0 Å². The molecule has 1 aromatic carbocycles. The van der Waals surface area contributed by atoms with Gasteiger partial charge in [-0.3, -0.25) is 0 Å². The molecular weight excluding hydrogens is 324 g/mol. The zero-order valence-electron chi connectivity index (χ0n) is 13.2. The third kappa shape index (κ3) is 3.11. The van der Waals surface area contributed by atoms with E-state index in [2.05, 4.69) is 20.6 Å². The third-order valence-electron chi connectivity index (χ3n) is 3.71. The molecule has 0 radical (unpaired) electrons.